The quantitative estimate of drug-likeness (QED) is 0.0905. The third kappa shape index (κ3) is 15.7. The molecule has 0 aliphatic heterocycles. The SMILES string of the molecule is C=C(C)CC(CC=O)(CNC=O)CN(Cc1ccc(Cl)cc1Cl)c1ccc(C)cc1.CCCN(CCC)CCOCCN. The molecule has 1 unspecified atom stereocenters. The average molecular weight is 636 g/mol. The van der Waals surface area contributed by atoms with Gasteiger partial charge >= 0.3 is 0 Å². The lowest BCUT2D eigenvalue weighted by Gasteiger charge is -2.39. The van der Waals surface area contributed by atoms with Gasteiger partial charge in [-0.1, -0.05) is 66.4 Å². The van der Waals surface area contributed by atoms with E-state index in [0.717, 1.165) is 41.8 Å². The Morgan fingerprint density at radius 3 is 2.26 bits per heavy atom. The topological polar surface area (TPSA) is 87.9 Å². The summed E-state index contributed by atoms with van der Waals surface area (Å²) in [5, 5.41) is 3.95. The van der Waals surface area contributed by atoms with Gasteiger partial charge in [0.25, 0.3) is 0 Å². The zero-order chi connectivity index (χ0) is 32.1. The highest BCUT2D eigenvalue weighted by Crippen LogP contribution is 2.34. The zero-order valence-corrected chi connectivity index (χ0v) is 28.1. The van der Waals surface area contributed by atoms with Crippen molar-refractivity contribution in [3.05, 3.63) is 75.8 Å². The van der Waals surface area contributed by atoms with Gasteiger partial charge in [0.1, 0.15) is 6.29 Å². The molecule has 0 spiro atoms. The Bertz CT molecular complexity index is 1080. The zero-order valence-electron chi connectivity index (χ0n) is 26.5. The number of carbonyl (C=O) groups excluding carboxylic acids is 2. The molecular weight excluding hydrogens is 583 g/mol. The Hall–Kier alpha value is -2.42. The lowest BCUT2D eigenvalue weighted by Crippen LogP contribution is -2.44. The van der Waals surface area contributed by atoms with Crippen LogP contribution in [0.3, 0.4) is 0 Å². The van der Waals surface area contributed by atoms with Crippen molar-refractivity contribution in [1.29, 1.82) is 0 Å². The number of nitrogens with two attached hydrogens (primary N) is 1. The van der Waals surface area contributed by atoms with Crippen LogP contribution in [0.1, 0.15) is 57.6 Å². The number of carbonyl (C=O) groups is 2. The highest BCUT2D eigenvalue weighted by molar-refractivity contribution is 6.35. The standard InChI is InChI=1S/C24H28Cl2N2O2.C10H24N2O/c1-18(2)13-24(10-11-29,15-27-17-30)16-28(22-8-4-19(3)5-9-22)14-20-6-7-21(25)12-23(20)26;1-3-6-12(7-4-2)8-10-13-9-5-11/h4-9,11-12,17H,1,10,13-16H2,2-3H3,(H,27,30);3-11H2,1-2H3. The molecule has 0 saturated carbocycles. The lowest BCUT2D eigenvalue weighted by atomic mass is 9.78. The van der Waals surface area contributed by atoms with Crippen molar-refractivity contribution in [2.24, 2.45) is 11.1 Å². The van der Waals surface area contributed by atoms with Crippen LogP contribution in [0.5, 0.6) is 0 Å². The van der Waals surface area contributed by atoms with Crippen molar-refractivity contribution in [2.75, 3.05) is 57.4 Å². The van der Waals surface area contributed by atoms with Gasteiger partial charge in [0.05, 0.1) is 13.2 Å². The number of nitrogens with zero attached hydrogens (tertiary/aromatic N) is 2. The summed E-state index contributed by atoms with van der Waals surface area (Å²) in [6.07, 6.45) is 4.94. The molecule has 1 atom stereocenters. The van der Waals surface area contributed by atoms with E-state index in [1.807, 2.05) is 26.0 Å². The van der Waals surface area contributed by atoms with Crippen LogP contribution in [0.4, 0.5) is 5.69 Å². The number of anilines is 1. The summed E-state index contributed by atoms with van der Waals surface area (Å²) in [5.41, 5.74) is 8.89. The van der Waals surface area contributed by atoms with Crippen LogP contribution in [-0.2, 0) is 20.9 Å². The summed E-state index contributed by atoms with van der Waals surface area (Å²) in [4.78, 5) is 27.2. The van der Waals surface area contributed by atoms with E-state index in [9.17, 15) is 9.59 Å². The summed E-state index contributed by atoms with van der Waals surface area (Å²) >= 11 is 12.5. The first-order chi connectivity index (χ1) is 20.6. The number of halogens is 2. The van der Waals surface area contributed by atoms with Crippen LogP contribution in [-0.4, -0.2) is 70.1 Å². The van der Waals surface area contributed by atoms with E-state index in [2.05, 4.69) is 59.8 Å². The van der Waals surface area contributed by atoms with Gasteiger partial charge in [-0.3, -0.25) is 4.79 Å². The monoisotopic (exact) mass is 634 g/mol. The Morgan fingerprint density at radius 2 is 1.72 bits per heavy atom. The Labute approximate surface area is 269 Å². The number of benzene rings is 2. The van der Waals surface area contributed by atoms with Gasteiger partial charge in [-0.2, -0.15) is 0 Å². The lowest BCUT2D eigenvalue weighted by molar-refractivity contribution is -0.112. The molecule has 9 heteroatoms. The fraction of sp³-hybridized carbons (Fsp3) is 0.529. The maximum atomic E-state index is 11.6. The van der Waals surface area contributed by atoms with Crippen LogP contribution >= 0.6 is 23.2 Å². The van der Waals surface area contributed by atoms with Crippen molar-refractivity contribution in [3.63, 3.8) is 0 Å². The van der Waals surface area contributed by atoms with Gasteiger partial charge in [-0.05, 0) is 76.0 Å². The van der Waals surface area contributed by atoms with Crippen LogP contribution in [0.15, 0.2) is 54.6 Å². The summed E-state index contributed by atoms with van der Waals surface area (Å²) < 4.78 is 5.34. The van der Waals surface area contributed by atoms with Gasteiger partial charge in [0, 0.05) is 60.3 Å². The maximum Gasteiger partial charge on any atom is 0.207 e. The van der Waals surface area contributed by atoms with E-state index in [4.69, 9.17) is 33.7 Å². The number of aldehydes is 1. The minimum Gasteiger partial charge on any atom is -0.379 e. The molecule has 0 fully saturated rings. The van der Waals surface area contributed by atoms with E-state index in [1.54, 1.807) is 6.07 Å². The number of amides is 1. The fourth-order valence-electron chi connectivity index (χ4n) is 5.06. The average Bonchev–Trinajstić information content (AvgIpc) is 2.96. The first-order valence-electron chi connectivity index (χ1n) is 15.1. The van der Waals surface area contributed by atoms with Crippen LogP contribution in [0, 0.1) is 12.3 Å². The Kier molecular flexibility index (Phi) is 19.9. The number of hydrogen-bond donors (Lipinski definition) is 2. The van der Waals surface area contributed by atoms with Crippen molar-refractivity contribution in [3.8, 4) is 0 Å². The first kappa shape index (κ1) is 38.6. The predicted molar refractivity (Wildman–Crippen MR) is 182 cm³/mol. The van der Waals surface area contributed by atoms with Gasteiger partial charge < -0.3 is 30.4 Å². The number of nitrogens with one attached hydrogen (secondary N) is 1. The van der Waals surface area contributed by atoms with Crippen molar-refractivity contribution in [2.45, 2.75) is 59.9 Å². The Morgan fingerprint density at radius 1 is 1.05 bits per heavy atom. The summed E-state index contributed by atoms with van der Waals surface area (Å²) in [7, 11) is 0. The third-order valence-corrected chi connectivity index (χ3v) is 7.54. The molecule has 43 heavy (non-hydrogen) atoms. The van der Waals surface area contributed by atoms with E-state index in [1.165, 1.54) is 25.9 Å². The molecule has 0 radical (unpaired) electrons. The smallest absolute Gasteiger partial charge is 0.207 e. The minimum atomic E-state index is -0.488. The Balaban J connectivity index is 0.000000599. The number of ether oxygens (including phenoxy) is 1. The normalized spacial score (nSPS) is 12.2. The third-order valence-electron chi connectivity index (χ3n) is 6.95. The second kappa shape index (κ2) is 22.1. The second-order valence-electron chi connectivity index (χ2n) is 11.2. The molecular formula is C34H52Cl2N4O3. The first-order valence-corrected chi connectivity index (χ1v) is 15.9. The molecule has 0 saturated heterocycles. The van der Waals surface area contributed by atoms with Crippen LogP contribution in [0.25, 0.3) is 0 Å². The maximum absolute atomic E-state index is 11.6. The predicted octanol–water partition coefficient (Wildman–Crippen LogP) is 6.68. The van der Waals surface area contributed by atoms with Crippen molar-refractivity contribution >= 4 is 41.6 Å². The molecule has 0 aliphatic rings. The second-order valence-corrected chi connectivity index (χ2v) is 12.0. The van der Waals surface area contributed by atoms with Crippen molar-refractivity contribution in [1.82, 2.24) is 10.2 Å². The van der Waals surface area contributed by atoms with E-state index in [-0.39, 0.29) is 0 Å². The molecule has 240 valence electrons. The number of hydrogen-bond acceptors (Lipinski definition) is 6. The molecule has 2 rings (SSSR count). The molecule has 0 aliphatic carbocycles. The van der Waals surface area contributed by atoms with Gasteiger partial charge in [0.15, 0.2) is 0 Å². The molecule has 2 aromatic rings. The van der Waals surface area contributed by atoms with Gasteiger partial charge in [-0.15, -0.1) is 6.58 Å². The van der Waals surface area contributed by atoms with E-state index < -0.39 is 5.41 Å². The minimum absolute atomic E-state index is 0.303. The fourth-order valence-corrected chi connectivity index (χ4v) is 5.53. The van der Waals surface area contributed by atoms with Crippen molar-refractivity contribution < 1.29 is 14.3 Å². The molecule has 7 nitrogen and oxygen atoms in total. The largest absolute Gasteiger partial charge is 0.379 e. The molecule has 2 aromatic carbocycles. The van der Waals surface area contributed by atoms with Gasteiger partial charge in [-0.25, -0.2) is 0 Å². The van der Waals surface area contributed by atoms with E-state index >= 15 is 0 Å². The summed E-state index contributed by atoms with van der Waals surface area (Å²) in [5.74, 6) is 0. The van der Waals surface area contributed by atoms with Crippen LogP contribution < -0.4 is 16.0 Å². The molecule has 1 amide bonds. The number of rotatable bonds is 21. The summed E-state index contributed by atoms with van der Waals surface area (Å²) in [6, 6.07) is 13.7. The van der Waals surface area contributed by atoms with Gasteiger partial charge in [0.2, 0.25) is 6.41 Å². The molecule has 0 bridgehead atoms. The molecule has 0 heterocycles. The molecule has 0 aromatic heterocycles. The highest BCUT2D eigenvalue weighted by Gasteiger charge is 2.33. The number of aryl methyl sites for hydroxylation is 1. The molecule has 3 N–H and O–H groups in total. The van der Waals surface area contributed by atoms with Crippen LogP contribution in [0.2, 0.25) is 10.0 Å². The van der Waals surface area contributed by atoms with E-state index in [0.29, 0.717) is 62.1 Å². The number of allylic oxidation sites excluding steroid dienone is 1. The summed E-state index contributed by atoms with van der Waals surface area (Å²) in [6.45, 7) is 19.4. The highest BCUT2D eigenvalue weighted by atomic mass is 35.5.